The Labute approximate surface area is 156 Å². The Hall–Kier alpha value is -3.57. The van der Waals surface area contributed by atoms with Crippen LogP contribution in [0.15, 0.2) is 78.9 Å². The van der Waals surface area contributed by atoms with Crippen LogP contribution < -0.4 is 5.48 Å². The number of hydrogen-bond acceptors (Lipinski definition) is 4. The van der Waals surface area contributed by atoms with Crippen molar-refractivity contribution in [2.45, 2.75) is 0 Å². The number of fused-ring (bicyclic) bond motifs is 1. The third kappa shape index (κ3) is 3.41. The molecular weight excluding hydrogens is 338 g/mol. The van der Waals surface area contributed by atoms with Crippen molar-refractivity contribution < 1.29 is 9.63 Å². The van der Waals surface area contributed by atoms with E-state index in [-0.39, 0.29) is 5.91 Å². The minimum Gasteiger partial charge on any atom is -0.277 e. The Morgan fingerprint density at radius 2 is 1.33 bits per heavy atom. The van der Waals surface area contributed by atoms with E-state index in [1.807, 2.05) is 60.7 Å². The van der Waals surface area contributed by atoms with Crippen molar-refractivity contribution in [2.24, 2.45) is 0 Å². The van der Waals surface area contributed by atoms with E-state index in [9.17, 15) is 4.79 Å². The summed E-state index contributed by atoms with van der Waals surface area (Å²) in [6.07, 6.45) is 0. The molecule has 4 rings (SSSR count). The Morgan fingerprint density at radius 3 is 1.89 bits per heavy atom. The summed E-state index contributed by atoms with van der Waals surface area (Å²) in [7, 11) is 1.40. The van der Waals surface area contributed by atoms with Crippen molar-refractivity contribution in [1.82, 2.24) is 15.4 Å². The molecule has 0 spiro atoms. The molecule has 0 radical (unpaired) electrons. The summed E-state index contributed by atoms with van der Waals surface area (Å²) < 4.78 is 0. The lowest BCUT2D eigenvalue weighted by atomic mass is 10.0. The molecular formula is C22H17N3O2. The Morgan fingerprint density at radius 1 is 0.778 bits per heavy atom. The number of hydrogen-bond donors (Lipinski definition) is 1. The molecule has 0 aliphatic heterocycles. The van der Waals surface area contributed by atoms with Crippen LogP contribution in [0, 0.1) is 0 Å². The minimum atomic E-state index is -0.324. The highest BCUT2D eigenvalue weighted by Gasteiger charge is 2.14. The van der Waals surface area contributed by atoms with Gasteiger partial charge in [0.25, 0.3) is 5.91 Å². The molecule has 5 heteroatoms. The van der Waals surface area contributed by atoms with E-state index in [1.54, 1.807) is 18.2 Å². The second kappa shape index (κ2) is 7.35. The molecule has 5 nitrogen and oxygen atoms in total. The van der Waals surface area contributed by atoms with Gasteiger partial charge in [-0.1, -0.05) is 60.7 Å². The van der Waals surface area contributed by atoms with Crippen molar-refractivity contribution in [3.8, 4) is 22.5 Å². The first-order valence-corrected chi connectivity index (χ1v) is 8.52. The van der Waals surface area contributed by atoms with E-state index in [0.717, 1.165) is 28.0 Å². The van der Waals surface area contributed by atoms with Crippen LogP contribution in [-0.2, 0) is 4.84 Å². The fraction of sp³-hybridized carbons (Fsp3) is 0.0455. The van der Waals surface area contributed by atoms with Crippen LogP contribution in [0.2, 0.25) is 0 Å². The lowest BCUT2D eigenvalue weighted by Gasteiger charge is -2.11. The fourth-order valence-corrected chi connectivity index (χ4v) is 2.94. The van der Waals surface area contributed by atoms with Crippen LogP contribution in [0.1, 0.15) is 10.4 Å². The van der Waals surface area contributed by atoms with E-state index in [4.69, 9.17) is 14.8 Å². The molecule has 1 heterocycles. The third-order valence-corrected chi connectivity index (χ3v) is 4.22. The fourth-order valence-electron chi connectivity index (χ4n) is 2.94. The van der Waals surface area contributed by atoms with Crippen LogP contribution in [0.3, 0.4) is 0 Å². The van der Waals surface area contributed by atoms with Crippen LogP contribution in [0.5, 0.6) is 0 Å². The molecule has 3 aromatic carbocycles. The highest BCUT2D eigenvalue weighted by molar-refractivity contribution is 5.97. The van der Waals surface area contributed by atoms with Gasteiger partial charge in [-0.15, -0.1) is 0 Å². The summed E-state index contributed by atoms with van der Waals surface area (Å²) in [6.45, 7) is 0. The first kappa shape index (κ1) is 16.9. The number of carbonyl (C=O) groups excluding carboxylic acids is 1. The molecule has 132 valence electrons. The van der Waals surface area contributed by atoms with Gasteiger partial charge in [0.2, 0.25) is 0 Å². The predicted octanol–water partition coefficient (Wildman–Crippen LogP) is 4.26. The summed E-state index contributed by atoms with van der Waals surface area (Å²) in [5, 5.41) is 0. The molecule has 0 atom stereocenters. The second-order valence-corrected chi connectivity index (χ2v) is 5.99. The van der Waals surface area contributed by atoms with Crippen molar-refractivity contribution in [3.63, 3.8) is 0 Å². The molecule has 4 aromatic rings. The zero-order valence-corrected chi connectivity index (χ0v) is 14.7. The van der Waals surface area contributed by atoms with Gasteiger partial charge in [0.15, 0.2) is 0 Å². The number of nitrogens with zero attached hydrogens (tertiary/aromatic N) is 2. The SMILES string of the molecule is CONC(=O)c1ccc2nc(-c3ccccc3)c(-c3ccccc3)nc2c1. The van der Waals surface area contributed by atoms with Crippen LogP contribution >= 0.6 is 0 Å². The molecule has 27 heavy (non-hydrogen) atoms. The average Bonchev–Trinajstić information content (AvgIpc) is 2.74. The van der Waals surface area contributed by atoms with E-state index in [0.29, 0.717) is 11.1 Å². The van der Waals surface area contributed by atoms with Gasteiger partial charge in [0, 0.05) is 16.7 Å². The Bertz CT molecular complexity index is 1100. The molecule has 1 N–H and O–H groups in total. The topological polar surface area (TPSA) is 64.1 Å². The highest BCUT2D eigenvalue weighted by atomic mass is 16.6. The Kier molecular flexibility index (Phi) is 4.60. The van der Waals surface area contributed by atoms with Gasteiger partial charge in [-0.3, -0.25) is 9.63 Å². The van der Waals surface area contributed by atoms with Gasteiger partial charge in [-0.2, -0.15) is 0 Å². The molecule has 0 aliphatic rings. The van der Waals surface area contributed by atoms with Gasteiger partial charge in [0.1, 0.15) is 0 Å². The quantitative estimate of drug-likeness (QED) is 0.556. The molecule has 0 saturated heterocycles. The monoisotopic (exact) mass is 355 g/mol. The first-order valence-electron chi connectivity index (χ1n) is 8.52. The lowest BCUT2D eigenvalue weighted by molar-refractivity contribution is 0.0538. The number of nitrogens with one attached hydrogen (secondary N) is 1. The number of amides is 1. The van der Waals surface area contributed by atoms with E-state index < -0.39 is 0 Å². The number of carbonyl (C=O) groups is 1. The number of rotatable bonds is 4. The van der Waals surface area contributed by atoms with Crippen LogP contribution in [0.4, 0.5) is 0 Å². The average molecular weight is 355 g/mol. The van der Waals surface area contributed by atoms with Crippen molar-refractivity contribution >= 4 is 16.9 Å². The predicted molar refractivity (Wildman–Crippen MR) is 105 cm³/mol. The van der Waals surface area contributed by atoms with Gasteiger partial charge in [-0.05, 0) is 18.2 Å². The smallest absolute Gasteiger partial charge is 0.274 e. The zero-order valence-electron chi connectivity index (χ0n) is 14.7. The lowest BCUT2D eigenvalue weighted by Crippen LogP contribution is -2.21. The summed E-state index contributed by atoms with van der Waals surface area (Å²) in [5.41, 5.74) is 7.71. The van der Waals surface area contributed by atoms with E-state index in [2.05, 4.69) is 5.48 Å². The van der Waals surface area contributed by atoms with Crippen LogP contribution in [-0.4, -0.2) is 23.0 Å². The Balaban J connectivity index is 1.94. The maximum absolute atomic E-state index is 12.0. The highest BCUT2D eigenvalue weighted by Crippen LogP contribution is 2.30. The first-order chi connectivity index (χ1) is 13.3. The maximum Gasteiger partial charge on any atom is 0.274 e. The molecule has 0 bridgehead atoms. The molecule has 0 saturated carbocycles. The standard InChI is InChI=1S/C22H17N3O2/c1-27-25-22(26)17-12-13-18-19(14-17)24-21(16-10-6-3-7-11-16)20(23-18)15-8-4-2-5-9-15/h2-14H,1H3,(H,25,26). The maximum atomic E-state index is 12.0. The van der Waals surface area contributed by atoms with Crippen molar-refractivity contribution in [2.75, 3.05) is 7.11 Å². The molecule has 1 aromatic heterocycles. The number of hydroxylamine groups is 1. The van der Waals surface area contributed by atoms with Gasteiger partial charge >= 0.3 is 0 Å². The zero-order chi connectivity index (χ0) is 18.6. The summed E-state index contributed by atoms with van der Waals surface area (Å²) in [6, 6.07) is 25.1. The van der Waals surface area contributed by atoms with E-state index in [1.165, 1.54) is 7.11 Å². The summed E-state index contributed by atoms with van der Waals surface area (Å²) in [4.78, 5) is 26.4. The van der Waals surface area contributed by atoms with Gasteiger partial charge < -0.3 is 0 Å². The second-order valence-electron chi connectivity index (χ2n) is 5.99. The molecule has 0 unspecified atom stereocenters. The van der Waals surface area contributed by atoms with Crippen molar-refractivity contribution in [1.29, 1.82) is 0 Å². The largest absolute Gasteiger partial charge is 0.277 e. The normalized spacial score (nSPS) is 10.7. The molecule has 1 amide bonds. The molecule has 0 fully saturated rings. The molecule has 0 aliphatic carbocycles. The summed E-state index contributed by atoms with van der Waals surface area (Å²) in [5.74, 6) is -0.324. The summed E-state index contributed by atoms with van der Waals surface area (Å²) >= 11 is 0. The van der Waals surface area contributed by atoms with Crippen LogP contribution in [0.25, 0.3) is 33.5 Å². The number of aromatic nitrogens is 2. The van der Waals surface area contributed by atoms with E-state index >= 15 is 0 Å². The number of benzene rings is 3. The van der Waals surface area contributed by atoms with Gasteiger partial charge in [-0.25, -0.2) is 15.4 Å². The van der Waals surface area contributed by atoms with Gasteiger partial charge in [0.05, 0.1) is 29.5 Å². The van der Waals surface area contributed by atoms with Crippen molar-refractivity contribution in [3.05, 3.63) is 84.4 Å². The third-order valence-electron chi connectivity index (χ3n) is 4.22. The minimum absolute atomic E-state index is 0.324.